The Morgan fingerprint density at radius 1 is 1.45 bits per heavy atom. The van der Waals surface area contributed by atoms with Gasteiger partial charge in [-0.25, -0.2) is 0 Å². The van der Waals surface area contributed by atoms with Crippen LogP contribution in [0.2, 0.25) is 0 Å². The summed E-state index contributed by atoms with van der Waals surface area (Å²) in [6.07, 6.45) is 10.9. The molecule has 0 aromatic rings. The van der Waals surface area contributed by atoms with Crippen LogP contribution in [0.4, 0.5) is 0 Å². The first-order valence-corrected chi connectivity index (χ1v) is 8.92. The van der Waals surface area contributed by atoms with E-state index in [1.165, 1.54) is 18.4 Å². The van der Waals surface area contributed by atoms with Crippen LogP contribution >= 0.6 is 0 Å². The van der Waals surface area contributed by atoms with Gasteiger partial charge in [0.15, 0.2) is 0 Å². The molecule has 4 heteroatoms. The number of amides is 1. The van der Waals surface area contributed by atoms with Crippen LogP contribution in [0.3, 0.4) is 0 Å². The van der Waals surface area contributed by atoms with Crippen molar-refractivity contribution < 1.29 is 14.3 Å². The number of carbonyl (C=O) groups is 1. The molecule has 0 saturated carbocycles. The minimum Gasteiger partial charge on any atom is -0.376 e. The molecule has 1 aliphatic carbocycles. The Morgan fingerprint density at radius 2 is 2.36 bits per heavy atom. The molecule has 0 unspecified atom stereocenters. The molecule has 3 aliphatic rings. The van der Waals surface area contributed by atoms with Crippen molar-refractivity contribution >= 4 is 5.91 Å². The highest BCUT2D eigenvalue weighted by Crippen LogP contribution is 2.36. The van der Waals surface area contributed by atoms with Gasteiger partial charge in [-0.2, -0.15) is 0 Å². The second kappa shape index (κ2) is 7.14. The van der Waals surface area contributed by atoms with E-state index in [1.54, 1.807) is 0 Å². The SMILES string of the molecule is CCO[C@@H]1CO[C@@]2(CCCN(C(=O)CC3=CCCCC3)C2)C1. The van der Waals surface area contributed by atoms with E-state index in [1.807, 2.05) is 11.8 Å². The lowest BCUT2D eigenvalue weighted by atomic mass is 9.88. The fraction of sp³-hybridized carbons (Fsp3) is 0.833. The molecule has 4 nitrogen and oxygen atoms in total. The lowest BCUT2D eigenvalue weighted by molar-refractivity contribution is -0.138. The summed E-state index contributed by atoms with van der Waals surface area (Å²) in [5.74, 6) is 0.288. The van der Waals surface area contributed by atoms with Crippen molar-refractivity contribution in [1.29, 1.82) is 0 Å². The predicted octanol–water partition coefficient (Wildman–Crippen LogP) is 3.06. The number of rotatable bonds is 4. The molecule has 0 bridgehead atoms. The highest BCUT2D eigenvalue weighted by atomic mass is 16.6. The van der Waals surface area contributed by atoms with E-state index < -0.39 is 0 Å². The van der Waals surface area contributed by atoms with Crippen LogP contribution in [-0.2, 0) is 14.3 Å². The summed E-state index contributed by atoms with van der Waals surface area (Å²) < 4.78 is 11.8. The number of hydrogen-bond acceptors (Lipinski definition) is 3. The Morgan fingerprint density at radius 3 is 3.14 bits per heavy atom. The lowest BCUT2D eigenvalue weighted by Crippen LogP contribution is -2.50. The van der Waals surface area contributed by atoms with Crippen LogP contribution in [0, 0.1) is 0 Å². The monoisotopic (exact) mass is 307 g/mol. The second-order valence-electron chi connectivity index (χ2n) is 6.98. The fourth-order valence-corrected chi connectivity index (χ4v) is 4.11. The van der Waals surface area contributed by atoms with Crippen molar-refractivity contribution in [3.8, 4) is 0 Å². The van der Waals surface area contributed by atoms with E-state index in [4.69, 9.17) is 9.47 Å². The minimum atomic E-state index is -0.144. The first kappa shape index (κ1) is 16.0. The third kappa shape index (κ3) is 3.72. The molecule has 0 aromatic heterocycles. The molecule has 0 N–H and O–H groups in total. The highest BCUT2D eigenvalue weighted by molar-refractivity contribution is 5.79. The van der Waals surface area contributed by atoms with Gasteiger partial charge in [-0.1, -0.05) is 11.6 Å². The molecule has 1 spiro atoms. The molecule has 2 fully saturated rings. The van der Waals surface area contributed by atoms with Crippen molar-refractivity contribution in [3.63, 3.8) is 0 Å². The summed E-state index contributed by atoms with van der Waals surface area (Å²) in [7, 11) is 0. The largest absolute Gasteiger partial charge is 0.376 e. The molecule has 2 saturated heterocycles. The van der Waals surface area contributed by atoms with Crippen molar-refractivity contribution in [3.05, 3.63) is 11.6 Å². The number of piperidine rings is 1. The molecule has 3 rings (SSSR count). The van der Waals surface area contributed by atoms with Crippen molar-refractivity contribution in [2.45, 2.75) is 70.0 Å². The maximum absolute atomic E-state index is 12.6. The number of allylic oxidation sites excluding steroid dienone is 1. The molecule has 2 heterocycles. The smallest absolute Gasteiger partial charge is 0.226 e. The highest BCUT2D eigenvalue weighted by Gasteiger charge is 2.44. The number of hydrogen-bond donors (Lipinski definition) is 0. The van der Waals surface area contributed by atoms with Gasteiger partial charge >= 0.3 is 0 Å². The standard InChI is InChI=1S/C18H29NO3/c1-2-21-16-12-18(22-13-16)9-6-10-19(14-18)17(20)11-15-7-4-3-5-8-15/h7,16H,2-6,8-14H2,1H3/t16-,18-/m0/s1. The molecule has 124 valence electrons. The van der Waals surface area contributed by atoms with Crippen molar-refractivity contribution in [2.75, 3.05) is 26.3 Å². The number of carbonyl (C=O) groups excluding carboxylic acids is 1. The van der Waals surface area contributed by atoms with Gasteiger partial charge in [0.05, 0.1) is 18.3 Å². The Hall–Kier alpha value is -0.870. The van der Waals surface area contributed by atoms with Crippen LogP contribution in [0.25, 0.3) is 0 Å². The average molecular weight is 307 g/mol. The maximum Gasteiger partial charge on any atom is 0.226 e. The third-order valence-corrected chi connectivity index (χ3v) is 5.23. The molecule has 22 heavy (non-hydrogen) atoms. The van der Waals surface area contributed by atoms with E-state index in [2.05, 4.69) is 6.08 Å². The van der Waals surface area contributed by atoms with Gasteiger partial charge in [0.1, 0.15) is 0 Å². The molecular formula is C18H29NO3. The van der Waals surface area contributed by atoms with E-state index in [0.717, 1.165) is 51.8 Å². The van der Waals surface area contributed by atoms with Crippen LogP contribution in [-0.4, -0.2) is 48.8 Å². The van der Waals surface area contributed by atoms with Gasteiger partial charge in [0.25, 0.3) is 0 Å². The zero-order valence-electron chi connectivity index (χ0n) is 13.8. The molecule has 0 aromatic carbocycles. The number of ether oxygens (including phenoxy) is 2. The van der Waals surface area contributed by atoms with Crippen LogP contribution < -0.4 is 0 Å². The molecular weight excluding hydrogens is 278 g/mol. The van der Waals surface area contributed by atoms with E-state index in [9.17, 15) is 4.79 Å². The van der Waals surface area contributed by atoms with Crippen molar-refractivity contribution in [2.24, 2.45) is 0 Å². The Kier molecular flexibility index (Phi) is 5.19. The summed E-state index contributed by atoms with van der Waals surface area (Å²) in [6.45, 7) is 5.08. The zero-order valence-corrected chi connectivity index (χ0v) is 13.8. The van der Waals surface area contributed by atoms with Crippen molar-refractivity contribution in [1.82, 2.24) is 4.90 Å². The Bertz CT molecular complexity index is 434. The molecule has 2 atom stereocenters. The maximum atomic E-state index is 12.6. The molecule has 2 aliphatic heterocycles. The van der Waals surface area contributed by atoms with Gasteiger partial charge in [-0.3, -0.25) is 4.79 Å². The minimum absolute atomic E-state index is 0.144. The van der Waals surface area contributed by atoms with E-state index in [0.29, 0.717) is 13.0 Å². The second-order valence-corrected chi connectivity index (χ2v) is 6.98. The Labute approximate surface area is 133 Å². The summed E-state index contributed by atoms with van der Waals surface area (Å²) in [4.78, 5) is 14.6. The van der Waals surface area contributed by atoms with E-state index in [-0.39, 0.29) is 17.6 Å². The average Bonchev–Trinajstić information content (AvgIpc) is 2.91. The van der Waals surface area contributed by atoms with Crippen LogP contribution in [0.15, 0.2) is 11.6 Å². The summed E-state index contributed by atoms with van der Waals surface area (Å²) in [5, 5.41) is 0. The van der Waals surface area contributed by atoms with Crippen LogP contribution in [0.1, 0.15) is 58.3 Å². The summed E-state index contributed by atoms with van der Waals surface area (Å²) >= 11 is 0. The summed E-state index contributed by atoms with van der Waals surface area (Å²) in [5.41, 5.74) is 1.20. The summed E-state index contributed by atoms with van der Waals surface area (Å²) in [6, 6.07) is 0. The predicted molar refractivity (Wildman–Crippen MR) is 85.7 cm³/mol. The topological polar surface area (TPSA) is 38.8 Å². The molecule has 1 amide bonds. The first-order valence-electron chi connectivity index (χ1n) is 8.92. The zero-order chi connectivity index (χ0) is 15.4. The number of likely N-dealkylation sites (tertiary alicyclic amines) is 1. The molecule has 0 radical (unpaired) electrons. The lowest BCUT2D eigenvalue weighted by Gasteiger charge is -2.40. The first-order chi connectivity index (χ1) is 10.7. The quantitative estimate of drug-likeness (QED) is 0.749. The number of nitrogens with zero attached hydrogens (tertiary/aromatic N) is 1. The van der Waals surface area contributed by atoms with Gasteiger partial charge in [-0.05, 0) is 45.4 Å². The van der Waals surface area contributed by atoms with Gasteiger partial charge < -0.3 is 14.4 Å². The van der Waals surface area contributed by atoms with Gasteiger partial charge in [0.2, 0.25) is 5.91 Å². The normalized spacial score (nSPS) is 32.3. The van der Waals surface area contributed by atoms with Crippen LogP contribution in [0.5, 0.6) is 0 Å². The van der Waals surface area contributed by atoms with E-state index >= 15 is 0 Å². The Balaban J connectivity index is 1.56. The van der Waals surface area contributed by atoms with Gasteiger partial charge in [-0.15, -0.1) is 0 Å². The fourth-order valence-electron chi connectivity index (χ4n) is 4.11. The third-order valence-electron chi connectivity index (χ3n) is 5.23. The van der Waals surface area contributed by atoms with Gasteiger partial charge in [0, 0.05) is 32.5 Å².